The van der Waals surface area contributed by atoms with Gasteiger partial charge in [0.15, 0.2) is 0 Å². The first-order chi connectivity index (χ1) is 9.68. The molecular formula is C15H12BrN3O. The van der Waals surface area contributed by atoms with Crippen molar-refractivity contribution in [2.75, 3.05) is 5.73 Å². The van der Waals surface area contributed by atoms with Crippen LogP contribution < -0.4 is 5.73 Å². The van der Waals surface area contributed by atoms with Gasteiger partial charge in [-0.1, -0.05) is 29.4 Å². The first-order valence-corrected chi connectivity index (χ1v) is 6.89. The van der Waals surface area contributed by atoms with Crippen LogP contribution >= 0.6 is 15.9 Å². The Morgan fingerprint density at radius 2 is 2.05 bits per heavy atom. The normalized spacial score (nSPS) is 10.7. The molecule has 0 aliphatic heterocycles. The van der Waals surface area contributed by atoms with Crippen LogP contribution in [-0.4, -0.2) is 10.1 Å². The quantitative estimate of drug-likeness (QED) is 0.770. The summed E-state index contributed by atoms with van der Waals surface area (Å²) < 4.78 is 6.16. The summed E-state index contributed by atoms with van der Waals surface area (Å²) >= 11 is 3.59. The monoisotopic (exact) mass is 329 g/mol. The van der Waals surface area contributed by atoms with Gasteiger partial charge in [0, 0.05) is 28.0 Å². The highest BCUT2D eigenvalue weighted by atomic mass is 79.9. The minimum absolute atomic E-state index is 0.293. The molecule has 5 heteroatoms. The van der Waals surface area contributed by atoms with Crippen LogP contribution in [0.3, 0.4) is 0 Å². The third kappa shape index (κ3) is 2.10. The average molecular weight is 330 g/mol. The number of aryl methyl sites for hydroxylation is 1. The standard InChI is InChI=1S/C15H12BrN3O/c1-9-4-2-6-11(13(9)16)14-12(15(17)20-19-14)10-5-3-7-18-8-10/h2-8H,17H2,1H3. The van der Waals surface area contributed by atoms with Crippen LogP contribution in [0.5, 0.6) is 0 Å². The van der Waals surface area contributed by atoms with E-state index in [2.05, 4.69) is 26.1 Å². The molecule has 3 rings (SSSR count). The van der Waals surface area contributed by atoms with Gasteiger partial charge in [-0.3, -0.25) is 4.98 Å². The van der Waals surface area contributed by atoms with E-state index in [-0.39, 0.29) is 0 Å². The minimum atomic E-state index is 0.293. The zero-order valence-corrected chi connectivity index (χ0v) is 12.4. The average Bonchev–Trinajstić information content (AvgIpc) is 2.84. The van der Waals surface area contributed by atoms with Crippen molar-refractivity contribution in [2.24, 2.45) is 0 Å². The predicted molar refractivity (Wildman–Crippen MR) is 82.0 cm³/mol. The summed E-state index contributed by atoms with van der Waals surface area (Å²) in [5.41, 5.74) is 10.4. The molecule has 2 N–H and O–H groups in total. The number of anilines is 1. The first kappa shape index (κ1) is 12.9. The molecule has 2 heterocycles. The summed E-state index contributed by atoms with van der Waals surface area (Å²) in [6.07, 6.45) is 3.46. The minimum Gasteiger partial charge on any atom is -0.367 e. The van der Waals surface area contributed by atoms with Crippen LogP contribution in [0.1, 0.15) is 5.56 Å². The van der Waals surface area contributed by atoms with E-state index in [1.807, 2.05) is 37.3 Å². The number of benzene rings is 1. The second kappa shape index (κ2) is 5.09. The number of nitrogens with zero attached hydrogens (tertiary/aromatic N) is 2. The van der Waals surface area contributed by atoms with Crippen molar-refractivity contribution in [3.05, 3.63) is 52.8 Å². The molecule has 0 saturated heterocycles. The Morgan fingerprint density at radius 3 is 2.80 bits per heavy atom. The molecule has 1 aromatic carbocycles. The van der Waals surface area contributed by atoms with Crippen molar-refractivity contribution in [3.63, 3.8) is 0 Å². The number of aromatic nitrogens is 2. The highest BCUT2D eigenvalue weighted by Crippen LogP contribution is 2.39. The lowest BCUT2D eigenvalue weighted by Crippen LogP contribution is -1.90. The van der Waals surface area contributed by atoms with E-state index < -0.39 is 0 Å². The molecule has 4 nitrogen and oxygen atoms in total. The van der Waals surface area contributed by atoms with E-state index in [0.717, 1.165) is 26.7 Å². The SMILES string of the molecule is Cc1cccc(-c2noc(N)c2-c2cccnc2)c1Br. The summed E-state index contributed by atoms with van der Waals surface area (Å²) in [4.78, 5) is 4.12. The van der Waals surface area contributed by atoms with Gasteiger partial charge in [-0.15, -0.1) is 0 Å². The molecule has 3 aromatic rings. The molecule has 0 atom stereocenters. The number of nitrogen functional groups attached to an aromatic ring is 1. The fourth-order valence-electron chi connectivity index (χ4n) is 2.11. The van der Waals surface area contributed by atoms with Crippen molar-refractivity contribution in [2.45, 2.75) is 6.92 Å². The molecule has 0 aliphatic carbocycles. The number of pyridine rings is 1. The van der Waals surface area contributed by atoms with E-state index in [4.69, 9.17) is 10.3 Å². The van der Waals surface area contributed by atoms with Gasteiger partial charge in [-0.2, -0.15) is 0 Å². The second-order valence-electron chi connectivity index (χ2n) is 4.45. The fourth-order valence-corrected chi connectivity index (χ4v) is 2.56. The van der Waals surface area contributed by atoms with Crippen molar-refractivity contribution >= 4 is 21.8 Å². The lowest BCUT2D eigenvalue weighted by atomic mass is 10.0. The summed E-state index contributed by atoms with van der Waals surface area (Å²) in [6.45, 7) is 2.03. The maximum absolute atomic E-state index is 5.93. The summed E-state index contributed by atoms with van der Waals surface area (Å²) in [7, 11) is 0. The maximum atomic E-state index is 5.93. The van der Waals surface area contributed by atoms with Crippen molar-refractivity contribution < 1.29 is 4.52 Å². The van der Waals surface area contributed by atoms with Crippen molar-refractivity contribution in [1.29, 1.82) is 0 Å². The van der Waals surface area contributed by atoms with E-state index in [1.165, 1.54) is 0 Å². The molecule has 100 valence electrons. The number of halogens is 1. The predicted octanol–water partition coefficient (Wildman–Crippen LogP) is 4.06. The Kier molecular flexibility index (Phi) is 3.28. The Morgan fingerprint density at radius 1 is 1.20 bits per heavy atom. The van der Waals surface area contributed by atoms with E-state index in [0.29, 0.717) is 11.6 Å². The highest BCUT2D eigenvalue weighted by Gasteiger charge is 2.19. The first-order valence-electron chi connectivity index (χ1n) is 6.09. The van der Waals surface area contributed by atoms with Gasteiger partial charge in [0.25, 0.3) is 0 Å². The lowest BCUT2D eigenvalue weighted by Gasteiger charge is -2.06. The Hall–Kier alpha value is -2.14. The number of rotatable bonds is 2. The number of hydrogen-bond acceptors (Lipinski definition) is 4. The molecular weight excluding hydrogens is 318 g/mol. The van der Waals surface area contributed by atoms with Gasteiger partial charge in [-0.25, -0.2) is 0 Å². The van der Waals surface area contributed by atoms with Crippen LogP contribution in [-0.2, 0) is 0 Å². The smallest absolute Gasteiger partial charge is 0.230 e. The van der Waals surface area contributed by atoms with Gasteiger partial charge < -0.3 is 10.3 Å². The molecule has 0 aliphatic rings. The molecule has 2 aromatic heterocycles. The van der Waals surface area contributed by atoms with Crippen LogP contribution in [0.4, 0.5) is 5.88 Å². The number of nitrogens with two attached hydrogens (primary N) is 1. The van der Waals surface area contributed by atoms with E-state index in [1.54, 1.807) is 12.4 Å². The van der Waals surface area contributed by atoms with Gasteiger partial charge in [-0.05, 0) is 34.5 Å². The van der Waals surface area contributed by atoms with Gasteiger partial charge in [0.05, 0.1) is 5.56 Å². The van der Waals surface area contributed by atoms with E-state index >= 15 is 0 Å². The third-order valence-corrected chi connectivity index (χ3v) is 4.17. The van der Waals surface area contributed by atoms with Crippen LogP contribution in [0, 0.1) is 6.92 Å². The molecule has 0 unspecified atom stereocenters. The van der Waals surface area contributed by atoms with Crippen molar-refractivity contribution in [1.82, 2.24) is 10.1 Å². The fraction of sp³-hybridized carbons (Fsp3) is 0.0667. The van der Waals surface area contributed by atoms with Crippen LogP contribution in [0.15, 0.2) is 51.7 Å². The molecule has 0 saturated carbocycles. The molecule has 0 amide bonds. The topological polar surface area (TPSA) is 64.9 Å². The zero-order chi connectivity index (χ0) is 14.1. The third-order valence-electron chi connectivity index (χ3n) is 3.12. The van der Waals surface area contributed by atoms with Gasteiger partial charge in [0.1, 0.15) is 5.69 Å². The van der Waals surface area contributed by atoms with Gasteiger partial charge in [0.2, 0.25) is 5.88 Å². The Labute approximate surface area is 124 Å². The largest absolute Gasteiger partial charge is 0.367 e. The Bertz CT molecular complexity index is 753. The number of hydrogen-bond donors (Lipinski definition) is 1. The zero-order valence-electron chi connectivity index (χ0n) is 10.8. The summed E-state index contributed by atoms with van der Waals surface area (Å²) in [6, 6.07) is 9.78. The summed E-state index contributed by atoms with van der Waals surface area (Å²) in [5.74, 6) is 0.293. The van der Waals surface area contributed by atoms with Gasteiger partial charge >= 0.3 is 0 Å². The molecule has 0 radical (unpaired) electrons. The van der Waals surface area contributed by atoms with Crippen molar-refractivity contribution in [3.8, 4) is 22.4 Å². The molecule has 0 spiro atoms. The van der Waals surface area contributed by atoms with Crippen LogP contribution in [0.25, 0.3) is 22.4 Å². The second-order valence-corrected chi connectivity index (χ2v) is 5.24. The summed E-state index contributed by atoms with van der Waals surface area (Å²) in [5, 5.41) is 4.11. The molecule has 0 bridgehead atoms. The lowest BCUT2D eigenvalue weighted by molar-refractivity contribution is 0.439. The maximum Gasteiger partial charge on any atom is 0.230 e. The molecule has 0 fully saturated rings. The Balaban J connectivity index is 2.24. The van der Waals surface area contributed by atoms with Crippen LogP contribution in [0.2, 0.25) is 0 Å². The highest BCUT2D eigenvalue weighted by molar-refractivity contribution is 9.10. The van der Waals surface area contributed by atoms with E-state index in [9.17, 15) is 0 Å². The molecule has 20 heavy (non-hydrogen) atoms.